The Morgan fingerprint density at radius 3 is 1.24 bits per heavy atom. The fourth-order valence-corrected chi connectivity index (χ4v) is 0.751. The van der Waals surface area contributed by atoms with Crippen molar-refractivity contribution in [2.75, 3.05) is 19.8 Å². The summed E-state index contributed by atoms with van der Waals surface area (Å²) in [5, 5.41) is 26.5. The van der Waals surface area contributed by atoms with E-state index in [9.17, 15) is 30.3 Å². The summed E-state index contributed by atoms with van der Waals surface area (Å²) in [6.45, 7) is -0.672. The highest BCUT2D eigenvalue weighted by atomic mass is 17.0. The van der Waals surface area contributed by atoms with Gasteiger partial charge in [0.25, 0.3) is 15.3 Å². The average molecular weight is 255 g/mol. The summed E-state index contributed by atoms with van der Waals surface area (Å²) < 4.78 is 0. The largest absolute Gasteiger partial charge is 0.313 e. The smallest absolute Gasteiger partial charge is 0.294 e. The Hall–Kier alpha value is -2.40. The van der Waals surface area contributed by atoms with Crippen LogP contribution < -0.4 is 0 Å². The third-order valence-electron chi connectivity index (χ3n) is 1.56. The number of hydrogen-bond acceptors (Lipinski definition) is 9. The van der Waals surface area contributed by atoms with Crippen molar-refractivity contribution in [2.24, 2.45) is 5.41 Å². The van der Waals surface area contributed by atoms with E-state index in [2.05, 4.69) is 14.5 Å². The van der Waals surface area contributed by atoms with Gasteiger partial charge in [-0.25, -0.2) is 0 Å². The fraction of sp³-hybridized carbons (Fsp3) is 1.00. The van der Waals surface area contributed by atoms with Crippen molar-refractivity contribution in [1.82, 2.24) is 0 Å². The molecular weight excluding hydrogens is 246 g/mol. The number of hydrogen-bond donors (Lipinski definition) is 0. The molecular formula is C5H9N3O9. The Morgan fingerprint density at radius 1 is 0.824 bits per heavy atom. The highest BCUT2D eigenvalue weighted by molar-refractivity contribution is 4.71. The Morgan fingerprint density at radius 2 is 1.06 bits per heavy atom. The van der Waals surface area contributed by atoms with Gasteiger partial charge in [-0.05, 0) is 0 Å². The minimum atomic E-state index is -1.40. The summed E-state index contributed by atoms with van der Waals surface area (Å²) in [6, 6.07) is 0. The van der Waals surface area contributed by atoms with Crippen LogP contribution in [0.3, 0.4) is 0 Å². The molecule has 0 aromatic rings. The molecule has 12 nitrogen and oxygen atoms in total. The number of rotatable bonds is 9. The van der Waals surface area contributed by atoms with Crippen molar-refractivity contribution in [3.05, 3.63) is 30.3 Å². The maximum Gasteiger partial charge on any atom is 0.294 e. The minimum Gasteiger partial charge on any atom is -0.313 e. The third kappa shape index (κ3) is 7.52. The fourth-order valence-electron chi connectivity index (χ4n) is 0.751. The monoisotopic (exact) mass is 255 g/mol. The maximum absolute atomic E-state index is 9.96. The predicted molar refractivity (Wildman–Crippen MR) is 46.9 cm³/mol. The highest BCUT2D eigenvalue weighted by Gasteiger charge is 2.29. The molecule has 0 unspecified atom stereocenters. The predicted octanol–water partition coefficient (Wildman–Crippen LogP) is -0.382. The highest BCUT2D eigenvalue weighted by Crippen LogP contribution is 2.18. The van der Waals surface area contributed by atoms with E-state index in [1.807, 2.05) is 0 Å². The normalized spacial score (nSPS) is 10.4. The Bertz CT molecular complexity index is 259. The van der Waals surface area contributed by atoms with Gasteiger partial charge in [0, 0.05) is 5.41 Å². The van der Waals surface area contributed by atoms with Crippen molar-refractivity contribution in [3.63, 3.8) is 0 Å². The first-order valence-electron chi connectivity index (χ1n) is 4.07. The zero-order chi connectivity index (χ0) is 13.5. The second kappa shape index (κ2) is 6.24. The summed E-state index contributed by atoms with van der Waals surface area (Å²) in [7, 11) is 0. The van der Waals surface area contributed by atoms with Gasteiger partial charge in [0.2, 0.25) is 0 Å². The van der Waals surface area contributed by atoms with Gasteiger partial charge in [-0.3, -0.25) is 0 Å². The van der Waals surface area contributed by atoms with Crippen molar-refractivity contribution in [1.29, 1.82) is 0 Å². The minimum absolute atomic E-state index is 0.637. The molecule has 0 saturated carbocycles. The molecule has 98 valence electrons. The van der Waals surface area contributed by atoms with Crippen LogP contribution in [0.15, 0.2) is 0 Å². The first-order valence-corrected chi connectivity index (χ1v) is 4.07. The van der Waals surface area contributed by atoms with Gasteiger partial charge in [-0.15, -0.1) is 30.3 Å². The first-order chi connectivity index (χ1) is 7.75. The van der Waals surface area contributed by atoms with Crippen LogP contribution in [0.4, 0.5) is 0 Å². The summed E-state index contributed by atoms with van der Waals surface area (Å²) in [4.78, 5) is 41.8. The van der Waals surface area contributed by atoms with E-state index in [-0.39, 0.29) is 0 Å². The zero-order valence-corrected chi connectivity index (χ0v) is 8.64. The Labute approximate surface area is 93.4 Å². The first kappa shape index (κ1) is 14.6. The molecule has 17 heavy (non-hydrogen) atoms. The standard InChI is InChI=1S/C5H9N3O9/c1-5(2-15-6(9)10,3-16-7(11)12)4-17-8(13)14/h2-4H2,1H3. The molecule has 0 spiro atoms. The van der Waals surface area contributed by atoms with E-state index in [4.69, 9.17) is 0 Å². The van der Waals surface area contributed by atoms with E-state index in [1.165, 1.54) is 6.92 Å². The topological polar surface area (TPSA) is 157 Å². The molecule has 0 saturated heterocycles. The van der Waals surface area contributed by atoms with Crippen LogP contribution in [0, 0.1) is 35.8 Å². The molecule has 0 aromatic carbocycles. The van der Waals surface area contributed by atoms with Crippen LogP contribution in [0.25, 0.3) is 0 Å². The van der Waals surface area contributed by atoms with E-state index in [0.717, 1.165) is 0 Å². The van der Waals surface area contributed by atoms with Crippen molar-refractivity contribution in [3.8, 4) is 0 Å². The molecule has 0 N–H and O–H groups in total. The quantitative estimate of drug-likeness (QED) is 0.395. The van der Waals surface area contributed by atoms with Crippen molar-refractivity contribution >= 4 is 0 Å². The molecule has 0 aromatic heterocycles. The molecule has 0 heterocycles. The summed E-state index contributed by atoms with van der Waals surface area (Å²) in [5.41, 5.74) is -1.40. The second-order valence-electron chi connectivity index (χ2n) is 3.30. The average Bonchev–Trinajstić information content (AvgIpc) is 2.21. The van der Waals surface area contributed by atoms with Crippen LogP contribution in [0.2, 0.25) is 0 Å². The molecule has 0 atom stereocenters. The van der Waals surface area contributed by atoms with Gasteiger partial charge < -0.3 is 14.5 Å². The second-order valence-corrected chi connectivity index (χ2v) is 3.30. The molecule has 0 aliphatic heterocycles. The summed E-state index contributed by atoms with van der Waals surface area (Å²) >= 11 is 0. The number of nitrogens with zero attached hydrogens (tertiary/aromatic N) is 3. The molecule has 0 amide bonds. The molecule has 0 bridgehead atoms. The summed E-state index contributed by atoms with van der Waals surface area (Å²) in [5.74, 6) is 0. The van der Waals surface area contributed by atoms with Gasteiger partial charge in [0.05, 0.1) is 0 Å². The van der Waals surface area contributed by atoms with Crippen LogP contribution >= 0.6 is 0 Å². The molecule has 12 heteroatoms. The van der Waals surface area contributed by atoms with Gasteiger partial charge >= 0.3 is 0 Å². The summed E-state index contributed by atoms with van der Waals surface area (Å²) in [6.07, 6.45) is 0. The molecule has 0 rings (SSSR count). The SMILES string of the molecule is CC(CO[N+](=O)[O-])(CO[N+](=O)[O-])CO[N+](=O)[O-]. The molecule has 0 aliphatic carbocycles. The lowest BCUT2D eigenvalue weighted by Gasteiger charge is -2.25. The van der Waals surface area contributed by atoms with Gasteiger partial charge in [0.15, 0.2) is 0 Å². The molecule has 0 radical (unpaired) electrons. The maximum atomic E-state index is 9.96. The van der Waals surface area contributed by atoms with Gasteiger partial charge in [0.1, 0.15) is 19.8 Å². The molecule has 0 aliphatic rings. The Balaban J connectivity index is 4.37. The van der Waals surface area contributed by atoms with E-state index >= 15 is 0 Å². The lowest BCUT2D eigenvalue weighted by atomic mass is 9.95. The third-order valence-corrected chi connectivity index (χ3v) is 1.56. The zero-order valence-electron chi connectivity index (χ0n) is 8.64. The van der Waals surface area contributed by atoms with Gasteiger partial charge in [-0.2, -0.15) is 0 Å². The lowest BCUT2D eigenvalue weighted by molar-refractivity contribution is -0.782. The molecule has 0 fully saturated rings. The van der Waals surface area contributed by atoms with E-state index in [0.29, 0.717) is 0 Å². The van der Waals surface area contributed by atoms with Crippen molar-refractivity contribution in [2.45, 2.75) is 6.92 Å². The van der Waals surface area contributed by atoms with Crippen LogP contribution in [0.5, 0.6) is 0 Å². The Kier molecular flexibility index (Phi) is 5.36. The van der Waals surface area contributed by atoms with Crippen LogP contribution in [0.1, 0.15) is 6.92 Å². The van der Waals surface area contributed by atoms with E-state index < -0.39 is 40.5 Å². The van der Waals surface area contributed by atoms with Crippen LogP contribution in [-0.4, -0.2) is 35.1 Å². The van der Waals surface area contributed by atoms with E-state index in [1.54, 1.807) is 0 Å². The van der Waals surface area contributed by atoms with Crippen LogP contribution in [-0.2, 0) is 14.5 Å². The van der Waals surface area contributed by atoms with Crippen molar-refractivity contribution < 1.29 is 29.8 Å². The van der Waals surface area contributed by atoms with Gasteiger partial charge in [-0.1, -0.05) is 6.92 Å². The lowest BCUT2D eigenvalue weighted by Crippen LogP contribution is -2.36.